The van der Waals surface area contributed by atoms with Crippen molar-refractivity contribution in [3.05, 3.63) is 36.5 Å². The van der Waals surface area contributed by atoms with Gasteiger partial charge in [-0.1, -0.05) is 56.2 Å². The Morgan fingerprint density at radius 1 is 0.750 bits per heavy atom. The molecule has 0 saturated heterocycles. The van der Waals surface area contributed by atoms with E-state index in [2.05, 4.69) is 43.4 Å². The maximum atomic E-state index is 10.2. The summed E-state index contributed by atoms with van der Waals surface area (Å²) in [5.41, 5.74) is 0. The average Bonchev–Trinajstić information content (AvgIpc) is 2.43. The van der Waals surface area contributed by atoms with Crippen LogP contribution in [0.3, 0.4) is 0 Å². The molecule has 0 spiro atoms. The van der Waals surface area contributed by atoms with E-state index in [1.54, 1.807) is 0 Å². The molecule has 0 unspecified atom stereocenters. The Hall–Kier alpha value is -1.31. The Kier molecular flexibility index (Phi) is 14.7. The highest BCUT2D eigenvalue weighted by molar-refractivity contribution is 5.66. The fourth-order valence-electron chi connectivity index (χ4n) is 1.82. The summed E-state index contributed by atoms with van der Waals surface area (Å²) in [6.07, 6.45) is 23.0. The molecule has 0 aromatic rings. The molecule has 0 aliphatic carbocycles. The van der Waals surface area contributed by atoms with Crippen LogP contribution < -0.4 is 0 Å². The van der Waals surface area contributed by atoms with E-state index >= 15 is 0 Å². The first-order chi connectivity index (χ1) is 9.77. The molecule has 0 saturated carbocycles. The van der Waals surface area contributed by atoms with Crippen LogP contribution in [0.15, 0.2) is 36.5 Å². The molecule has 0 bridgehead atoms. The Morgan fingerprint density at radius 2 is 1.25 bits per heavy atom. The van der Waals surface area contributed by atoms with Gasteiger partial charge in [-0.2, -0.15) is 0 Å². The van der Waals surface area contributed by atoms with Gasteiger partial charge in [0.2, 0.25) is 0 Å². The predicted octanol–water partition coefficient (Wildman–Crippen LogP) is 5.53. The monoisotopic (exact) mass is 277 g/mol. The van der Waals surface area contributed by atoms with Gasteiger partial charge in [0.1, 0.15) is 0 Å². The number of carbonyl (C=O) groups is 1. The van der Waals surface area contributed by atoms with Crippen molar-refractivity contribution in [3.63, 3.8) is 0 Å². The molecule has 2 heteroatoms. The smallest absolute Gasteiger partial charge is 0.247 e. The zero-order valence-corrected chi connectivity index (χ0v) is 12.9. The first-order valence-electron chi connectivity index (χ1n) is 7.92. The van der Waals surface area contributed by atoms with E-state index in [-0.39, 0.29) is 6.42 Å². The van der Waals surface area contributed by atoms with Crippen LogP contribution in [0.25, 0.3) is 0 Å². The van der Waals surface area contributed by atoms with Gasteiger partial charge in [-0.05, 0) is 44.9 Å². The van der Waals surface area contributed by atoms with Gasteiger partial charge in [0.25, 0.3) is 0 Å². The third-order valence-electron chi connectivity index (χ3n) is 3.02. The molecule has 0 rings (SSSR count). The van der Waals surface area contributed by atoms with E-state index in [0.29, 0.717) is 6.42 Å². The Bertz CT molecular complexity index is 301. The Morgan fingerprint density at radius 3 is 1.75 bits per heavy atom. The van der Waals surface area contributed by atoms with Crippen molar-refractivity contribution in [2.24, 2.45) is 0 Å². The van der Waals surface area contributed by atoms with Crippen molar-refractivity contribution in [1.82, 2.24) is 0 Å². The molecule has 0 fully saturated rings. The van der Waals surface area contributed by atoms with Gasteiger partial charge in [-0.15, -0.1) is 0 Å². The zero-order chi connectivity index (χ0) is 14.9. The third kappa shape index (κ3) is 16.7. The molecule has 0 atom stereocenters. The van der Waals surface area contributed by atoms with Crippen molar-refractivity contribution in [1.29, 1.82) is 0 Å². The first kappa shape index (κ1) is 18.7. The largest absolute Gasteiger partial charge is 0.355 e. The van der Waals surface area contributed by atoms with Gasteiger partial charge < -0.3 is 0 Å². The van der Waals surface area contributed by atoms with Crippen molar-refractivity contribution >= 4 is 5.97 Å². The Balaban J connectivity index is 3.32. The van der Waals surface area contributed by atoms with E-state index in [1.807, 2.05) is 0 Å². The summed E-state index contributed by atoms with van der Waals surface area (Å²) in [5.74, 6) is -0.945. The summed E-state index contributed by atoms with van der Waals surface area (Å²) < 4.78 is 0. The van der Waals surface area contributed by atoms with Crippen LogP contribution >= 0.6 is 0 Å². The number of unbranched alkanes of at least 4 members (excludes halogenated alkanes) is 5. The highest BCUT2D eigenvalue weighted by atomic mass is 16.4. The minimum Gasteiger partial charge on any atom is -0.247 e. The van der Waals surface area contributed by atoms with Gasteiger partial charge in [-0.25, -0.2) is 9.90 Å². The molecule has 0 aromatic heterocycles. The second-order valence-corrected chi connectivity index (χ2v) is 5.00. The normalized spacial score (nSPS) is 12.1. The number of allylic oxidation sites excluding steroid dienone is 6. The van der Waals surface area contributed by atoms with E-state index in [9.17, 15) is 9.90 Å². The maximum Gasteiger partial charge on any atom is 0.355 e. The minimum atomic E-state index is -0.945. The Labute approximate surface area is 124 Å². The highest BCUT2D eigenvalue weighted by Crippen LogP contribution is 2.02. The molecule has 20 heavy (non-hydrogen) atoms. The van der Waals surface area contributed by atoms with Crippen LogP contribution in [0.5, 0.6) is 0 Å². The lowest BCUT2D eigenvalue weighted by molar-refractivity contribution is -0.143. The standard InChI is InChI=1S/C18H29O2/c1-2-3-4-5-6-7-8-9-10-11-12-13-14-15-16-17-18(19)20/h6-7,9-10,12-13H,2-5,8,11,14-17H2,1H3. The van der Waals surface area contributed by atoms with Crippen LogP contribution in [0.2, 0.25) is 0 Å². The van der Waals surface area contributed by atoms with Gasteiger partial charge in [0.05, 0.1) is 6.42 Å². The van der Waals surface area contributed by atoms with Gasteiger partial charge in [-0.3, -0.25) is 0 Å². The first-order valence-corrected chi connectivity index (χ1v) is 7.92. The number of hydrogen-bond acceptors (Lipinski definition) is 1. The second-order valence-electron chi connectivity index (χ2n) is 5.00. The lowest BCUT2D eigenvalue weighted by atomic mass is 10.2. The van der Waals surface area contributed by atoms with Crippen LogP contribution in [0.4, 0.5) is 0 Å². The van der Waals surface area contributed by atoms with E-state index in [1.165, 1.54) is 25.7 Å². The van der Waals surface area contributed by atoms with Crippen molar-refractivity contribution in [2.45, 2.75) is 71.1 Å². The fourth-order valence-corrected chi connectivity index (χ4v) is 1.82. The third-order valence-corrected chi connectivity index (χ3v) is 3.02. The molecule has 0 N–H and O–H groups in total. The van der Waals surface area contributed by atoms with Crippen LogP contribution in [-0.4, -0.2) is 5.97 Å². The highest BCUT2D eigenvalue weighted by Gasteiger charge is 1.96. The van der Waals surface area contributed by atoms with Gasteiger partial charge in [0.15, 0.2) is 0 Å². The summed E-state index contributed by atoms with van der Waals surface area (Å²) in [7, 11) is 0. The summed E-state index contributed by atoms with van der Waals surface area (Å²) in [6.45, 7) is 2.23. The number of carbonyl (C=O) groups excluding carboxylic acids is 1. The second kappa shape index (κ2) is 15.7. The van der Waals surface area contributed by atoms with Crippen molar-refractivity contribution < 1.29 is 9.90 Å². The molecule has 0 amide bonds. The maximum absolute atomic E-state index is 10.2. The lowest BCUT2D eigenvalue weighted by Gasteiger charge is -1.91. The molecule has 1 radical (unpaired) electrons. The summed E-state index contributed by atoms with van der Waals surface area (Å²) in [5, 5.41) is 10.2. The summed E-state index contributed by atoms with van der Waals surface area (Å²) in [6, 6.07) is 0. The van der Waals surface area contributed by atoms with E-state index in [4.69, 9.17) is 0 Å². The molecular weight excluding hydrogens is 248 g/mol. The van der Waals surface area contributed by atoms with Crippen molar-refractivity contribution in [3.8, 4) is 0 Å². The molecule has 0 aliphatic rings. The fraction of sp³-hybridized carbons (Fsp3) is 0.611. The summed E-state index contributed by atoms with van der Waals surface area (Å²) >= 11 is 0. The molecule has 2 nitrogen and oxygen atoms in total. The topological polar surface area (TPSA) is 37.0 Å². The van der Waals surface area contributed by atoms with E-state index < -0.39 is 5.97 Å². The number of hydrogen-bond donors (Lipinski definition) is 0. The molecule has 0 aromatic carbocycles. The molecule has 0 heterocycles. The average molecular weight is 277 g/mol. The van der Waals surface area contributed by atoms with E-state index in [0.717, 1.165) is 25.7 Å². The van der Waals surface area contributed by atoms with Crippen molar-refractivity contribution in [2.75, 3.05) is 0 Å². The molecular formula is C18H29O2. The van der Waals surface area contributed by atoms with Gasteiger partial charge >= 0.3 is 5.97 Å². The number of rotatable bonds is 13. The summed E-state index contributed by atoms with van der Waals surface area (Å²) in [4.78, 5) is 10.2. The molecule has 113 valence electrons. The van der Waals surface area contributed by atoms with Crippen LogP contribution in [0.1, 0.15) is 71.1 Å². The predicted molar refractivity (Wildman–Crippen MR) is 85.0 cm³/mol. The van der Waals surface area contributed by atoms with Gasteiger partial charge in [0, 0.05) is 0 Å². The quantitative estimate of drug-likeness (QED) is 0.322. The molecule has 0 aliphatic heterocycles. The van der Waals surface area contributed by atoms with Crippen LogP contribution in [-0.2, 0) is 9.90 Å². The van der Waals surface area contributed by atoms with Crippen LogP contribution in [0, 0.1) is 0 Å². The lowest BCUT2D eigenvalue weighted by Crippen LogP contribution is -1.90. The zero-order valence-electron chi connectivity index (χ0n) is 12.9. The SMILES string of the molecule is CCCCCC=CCC=CCC=CCCCCC([O])=O. The minimum absolute atomic E-state index is 0.179.